The van der Waals surface area contributed by atoms with Crippen LogP contribution in [0.5, 0.6) is 23.0 Å². The van der Waals surface area contributed by atoms with Crippen molar-refractivity contribution in [3.63, 3.8) is 0 Å². The number of rotatable bonds is 10. The van der Waals surface area contributed by atoms with Gasteiger partial charge in [-0.3, -0.25) is 0 Å². The fourth-order valence-electron chi connectivity index (χ4n) is 5.45. The standard InChI is InChI=1S/C42H30O6/c43-41(47-39-25-23-37(33-15-7-9-17-35(33)39)45-27-29-11-3-1-4-12-29)31-19-21-32(22-20-31)42(44)48-40-26-24-38(34-16-8-10-18-36(34)40)46-28-30-13-5-2-6-14-30/h1-26H,27-28H2. The first-order valence-electron chi connectivity index (χ1n) is 15.5. The highest BCUT2D eigenvalue weighted by molar-refractivity contribution is 6.00. The molecule has 0 saturated carbocycles. The lowest BCUT2D eigenvalue weighted by molar-refractivity contribution is 0.0723. The van der Waals surface area contributed by atoms with Crippen LogP contribution in [0.15, 0.2) is 158 Å². The Balaban J connectivity index is 1.03. The molecule has 7 aromatic carbocycles. The van der Waals surface area contributed by atoms with Crippen LogP contribution in [0.4, 0.5) is 0 Å². The third-order valence-electron chi connectivity index (χ3n) is 7.92. The van der Waals surface area contributed by atoms with E-state index < -0.39 is 11.9 Å². The van der Waals surface area contributed by atoms with E-state index in [-0.39, 0.29) is 0 Å². The Morgan fingerprint density at radius 1 is 0.354 bits per heavy atom. The molecule has 0 heterocycles. The molecule has 0 N–H and O–H groups in total. The molecule has 6 nitrogen and oxygen atoms in total. The molecule has 48 heavy (non-hydrogen) atoms. The van der Waals surface area contributed by atoms with Crippen molar-refractivity contribution in [2.45, 2.75) is 13.2 Å². The van der Waals surface area contributed by atoms with Gasteiger partial charge in [-0.05, 0) is 59.7 Å². The molecule has 0 aliphatic carbocycles. The average molecular weight is 631 g/mol. The lowest BCUT2D eigenvalue weighted by Gasteiger charge is -2.13. The average Bonchev–Trinajstić information content (AvgIpc) is 3.15. The van der Waals surface area contributed by atoms with Crippen molar-refractivity contribution in [2.24, 2.45) is 0 Å². The zero-order valence-electron chi connectivity index (χ0n) is 25.9. The minimum atomic E-state index is -0.546. The first-order chi connectivity index (χ1) is 23.6. The van der Waals surface area contributed by atoms with Crippen LogP contribution in [0.2, 0.25) is 0 Å². The normalized spacial score (nSPS) is 10.8. The minimum absolute atomic E-state index is 0.297. The summed E-state index contributed by atoms with van der Waals surface area (Å²) in [4.78, 5) is 26.3. The summed E-state index contributed by atoms with van der Waals surface area (Å²) in [6.45, 7) is 0.840. The Bertz CT molecular complexity index is 2050. The van der Waals surface area contributed by atoms with Gasteiger partial charge in [-0.25, -0.2) is 9.59 Å². The van der Waals surface area contributed by atoms with Gasteiger partial charge in [0.2, 0.25) is 0 Å². The summed E-state index contributed by atoms with van der Waals surface area (Å²) >= 11 is 0. The second kappa shape index (κ2) is 13.9. The summed E-state index contributed by atoms with van der Waals surface area (Å²) in [6, 6.07) is 48.4. The predicted octanol–water partition coefficient (Wildman–Crippen LogP) is 9.59. The van der Waals surface area contributed by atoms with E-state index in [1.54, 1.807) is 48.5 Å². The molecule has 0 fully saturated rings. The van der Waals surface area contributed by atoms with Crippen molar-refractivity contribution in [1.29, 1.82) is 0 Å². The first-order valence-corrected chi connectivity index (χ1v) is 15.5. The maximum Gasteiger partial charge on any atom is 0.343 e. The third kappa shape index (κ3) is 6.73. The molecule has 7 rings (SSSR count). The number of benzene rings is 7. The van der Waals surface area contributed by atoms with E-state index in [9.17, 15) is 9.59 Å². The largest absolute Gasteiger partial charge is 0.488 e. The molecule has 0 saturated heterocycles. The summed E-state index contributed by atoms with van der Waals surface area (Å²) in [6.07, 6.45) is 0. The van der Waals surface area contributed by atoms with Crippen LogP contribution in [-0.4, -0.2) is 11.9 Å². The van der Waals surface area contributed by atoms with Gasteiger partial charge in [0.15, 0.2) is 0 Å². The maximum atomic E-state index is 13.2. The Morgan fingerprint density at radius 2 is 0.667 bits per heavy atom. The van der Waals surface area contributed by atoms with E-state index >= 15 is 0 Å². The van der Waals surface area contributed by atoms with Crippen LogP contribution >= 0.6 is 0 Å². The van der Waals surface area contributed by atoms with E-state index in [2.05, 4.69) is 0 Å². The predicted molar refractivity (Wildman–Crippen MR) is 186 cm³/mol. The van der Waals surface area contributed by atoms with Crippen molar-refractivity contribution >= 4 is 33.5 Å². The smallest absolute Gasteiger partial charge is 0.343 e. The molecule has 6 heteroatoms. The lowest BCUT2D eigenvalue weighted by Crippen LogP contribution is -2.11. The Hall–Kier alpha value is -6.40. The number of fused-ring (bicyclic) bond motifs is 2. The molecule has 0 atom stereocenters. The molecule has 0 bridgehead atoms. The number of carbonyl (C=O) groups is 2. The molecule has 0 amide bonds. The number of carbonyl (C=O) groups excluding carboxylic acids is 2. The van der Waals surface area contributed by atoms with Gasteiger partial charge in [-0.2, -0.15) is 0 Å². The fourth-order valence-corrected chi connectivity index (χ4v) is 5.45. The van der Waals surface area contributed by atoms with Crippen LogP contribution in [0, 0.1) is 0 Å². The van der Waals surface area contributed by atoms with Crippen LogP contribution in [0.1, 0.15) is 31.8 Å². The molecule has 7 aromatic rings. The Morgan fingerprint density at radius 3 is 1.04 bits per heavy atom. The SMILES string of the molecule is O=C(Oc1ccc(OCc2ccccc2)c2ccccc12)c1ccc(C(=O)Oc2ccc(OCc3ccccc3)c3ccccc23)cc1. The van der Waals surface area contributed by atoms with Gasteiger partial charge >= 0.3 is 11.9 Å². The van der Waals surface area contributed by atoms with E-state index in [4.69, 9.17) is 18.9 Å². The highest BCUT2D eigenvalue weighted by Crippen LogP contribution is 2.35. The van der Waals surface area contributed by atoms with E-state index in [0.717, 1.165) is 32.7 Å². The molecular weight excluding hydrogens is 600 g/mol. The fraction of sp³-hybridized carbons (Fsp3) is 0.0476. The van der Waals surface area contributed by atoms with Gasteiger partial charge in [0.05, 0.1) is 11.1 Å². The van der Waals surface area contributed by atoms with E-state index in [0.29, 0.717) is 47.3 Å². The Labute approximate surface area is 277 Å². The van der Waals surface area contributed by atoms with Crippen molar-refractivity contribution in [1.82, 2.24) is 0 Å². The second-order valence-corrected chi connectivity index (χ2v) is 11.1. The highest BCUT2D eigenvalue weighted by atomic mass is 16.5. The monoisotopic (exact) mass is 630 g/mol. The summed E-state index contributed by atoms with van der Waals surface area (Å²) < 4.78 is 23.8. The zero-order valence-corrected chi connectivity index (χ0v) is 25.9. The lowest BCUT2D eigenvalue weighted by atomic mass is 10.1. The molecule has 0 aliphatic rings. The van der Waals surface area contributed by atoms with Gasteiger partial charge < -0.3 is 18.9 Å². The van der Waals surface area contributed by atoms with Crippen molar-refractivity contribution in [3.05, 3.63) is 180 Å². The number of ether oxygens (including phenoxy) is 4. The third-order valence-corrected chi connectivity index (χ3v) is 7.92. The van der Waals surface area contributed by atoms with Gasteiger partial charge in [-0.15, -0.1) is 0 Å². The zero-order chi connectivity index (χ0) is 32.7. The maximum absolute atomic E-state index is 13.2. The number of hydrogen-bond donors (Lipinski definition) is 0. The van der Waals surface area contributed by atoms with E-state index in [1.165, 1.54) is 0 Å². The second-order valence-electron chi connectivity index (χ2n) is 11.1. The van der Waals surface area contributed by atoms with Crippen molar-refractivity contribution in [3.8, 4) is 23.0 Å². The van der Waals surface area contributed by atoms with Gasteiger partial charge in [0, 0.05) is 21.5 Å². The van der Waals surface area contributed by atoms with Crippen LogP contribution < -0.4 is 18.9 Å². The van der Waals surface area contributed by atoms with Crippen LogP contribution in [0.25, 0.3) is 21.5 Å². The molecule has 0 spiro atoms. The highest BCUT2D eigenvalue weighted by Gasteiger charge is 2.17. The summed E-state index contributed by atoms with van der Waals surface area (Å²) in [7, 11) is 0. The number of hydrogen-bond acceptors (Lipinski definition) is 6. The van der Waals surface area contributed by atoms with Crippen molar-refractivity contribution in [2.75, 3.05) is 0 Å². The summed E-state index contributed by atoms with van der Waals surface area (Å²) in [5, 5.41) is 3.17. The molecular formula is C42H30O6. The van der Waals surface area contributed by atoms with Crippen LogP contribution in [-0.2, 0) is 13.2 Å². The van der Waals surface area contributed by atoms with Gasteiger partial charge in [0.1, 0.15) is 36.2 Å². The molecule has 0 radical (unpaired) electrons. The van der Waals surface area contributed by atoms with E-state index in [1.807, 2.05) is 109 Å². The first kappa shape index (κ1) is 30.3. The Kier molecular flexibility index (Phi) is 8.78. The summed E-state index contributed by atoms with van der Waals surface area (Å²) in [5.41, 5.74) is 2.70. The summed E-state index contributed by atoms with van der Waals surface area (Å²) in [5.74, 6) is 1.12. The molecule has 0 unspecified atom stereocenters. The minimum Gasteiger partial charge on any atom is -0.488 e. The molecule has 0 aromatic heterocycles. The quantitative estimate of drug-likeness (QED) is 0.111. The van der Waals surface area contributed by atoms with Crippen molar-refractivity contribution < 1.29 is 28.5 Å². The molecule has 234 valence electrons. The number of esters is 2. The topological polar surface area (TPSA) is 71.1 Å². The van der Waals surface area contributed by atoms with Gasteiger partial charge in [0.25, 0.3) is 0 Å². The molecule has 0 aliphatic heterocycles. The van der Waals surface area contributed by atoms with Gasteiger partial charge in [-0.1, -0.05) is 109 Å². The van der Waals surface area contributed by atoms with Crippen LogP contribution in [0.3, 0.4) is 0 Å².